The van der Waals surface area contributed by atoms with E-state index < -0.39 is 5.92 Å². The lowest BCUT2D eigenvalue weighted by atomic mass is 9.86. The number of likely N-dealkylation sites (tertiary alicyclic amines) is 1. The van der Waals surface area contributed by atoms with Gasteiger partial charge in [0.2, 0.25) is 5.91 Å². The van der Waals surface area contributed by atoms with Gasteiger partial charge in [-0.05, 0) is 74.6 Å². The van der Waals surface area contributed by atoms with E-state index >= 15 is 0 Å². The summed E-state index contributed by atoms with van der Waals surface area (Å²) in [5.74, 6) is 0.849. The summed E-state index contributed by atoms with van der Waals surface area (Å²) in [6, 6.07) is 11.1. The van der Waals surface area contributed by atoms with Crippen molar-refractivity contribution in [1.82, 2.24) is 5.32 Å². The summed E-state index contributed by atoms with van der Waals surface area (Å²) in [7, 11) is 0. The molecule has 0 radical (unpaired) electrons. The second-order valence-electron chi connectivity index (χ2n) is 10.8. The number of allylic oxidation sites excluding steroid dienone is 1. The van der Waals surface area contributed by atoms with E-state index in [0.717, 1.165) is 48.1 Å². The fourth-order valence-electron chi connectivity index (χ4n) is 6.21. The molecule has 1 saturated heterocycles. The number of quaternary nitrogens is 1. The van der Waals surface area contributed by atoms with Crippen LogP contribution in [0.1, 0.15) is 75.3 Å². The molecule has 2 aliphatic heterocycles. The lowest BCUT2D eigenvalue weighted by Crippen LogP contribution is -3.00. The van der Waals surface area contributed by atoms with Crippen molar-refractivity contribution in [1.29, 1.82) is 0 Å². The highest BCUT2D eigenvalue weighted by Crippen LogP contribution is 2.46. The maximum absolute atomic E-state index is 13.8. The third kappa shape index (κ3) is 6.55. The van der Waals surface area contributed by atoms with Crippen LogP contribution < -0.4 is 27.0 Å². The molecule has 2 aromatic carbocycles. The van der Waals surface area contributed by atoms with Crippen LogP contribution in [-0.4, -0.2) is 42.6 Å². The lowest BCUT2D eigenvalue weighted by Gasteiger charge is -2.44. The third-order valence-corrected chi connectivity index (χ3v) is 8.86. The Bertz CT molecular complexity index is 1090. The molecular weight excluding hydrogens is 571 g/mol. The molecule has 0 unspecified atom stereocenters. The fourth-order valence-corrected chi connectivity index (χ4v) is 6.57. The standard InChI is InChI=1S/C30H36Cl2N2O2.BrH/c1-2-34(20-21-8-6-4-3-5-7-9-21)16-14-24(15-17-34)33-30(35)29-25-18-22(31)10-12-27(25)36-28-13-11-23(32)19-26(28)29;/h8,10-13,18-19,24,29H,2-7,9,14-17,20H2,1H3;1H/b21-8+;/t24-,34+;. The van der Waals surface area contributed by atoms with E-state index in [1.54, 1.807) is 17.7 Å². The van der Waals surface area contributed by atoms with Gasteiger partial charge >= 0.3 is 0 Å². The maximum Gasteiger partial charge on any atom is 0.232 e. The van der Waals surface area contributed by atoms with Gasteiger partial charge in [0.25, 0.3) is 0 Å². The van der Waals surface area contributed by atoms with E-state index in [4.69, 9.17) is 27.9 Å². The van der Waals surface area contributed by atoms with E-state index in [1.807, 2.05) is 24.3 Å². The predicted molar refractivity (Wildman–Crippen MR) is 147 cm³/mol. The highest BCUT2D eigenvalue weighted by molar-refractivity contribution is 6.31. The number of fused-ring (bicyclic) bond motifs is 2. The monoisotopic (exact) mass is 606 g/mol. The van der Waals surface area contributed by atoms with Gasteiger partial charge in [0.1, 0.15) is 18.0 Å². The number of carbonyl (C=O) groups is 1. The van der Waals surface area contributed by atoms with Crippen LogP contribution in [0.3, 0.4) is 0 Å². The van der Waals surface area contributed by atoms with Gasteiger partial charge in [-0.1, -0.05) is 42.1 Å². The number of rotatable bonds is 5. The van der Waals surface area contributed by atoms with Gasteiger partial charge in [-0.3, -0.25) is 4.79 Å². The van der Waals surface area contributed by atoms with E-state index in [2.05, 4.69) is 18.3 Å². The molecule has 200 valence electrons. The van der Waals surface area contributed by atoms with Crippen LogP contribution in [0.2, 0.25) is 10.0 Å². The zero-order chi connectivity index (χ0) is 25.1. The minimum atomic E-state index is -0.492. The van der Waals surface area contributed by atoms with Crippen molar-refractivity contribution in [2.75, 3.05) is 26.2 Å². The normalized spacial score (nSPS) is 25.2. The molecule has 1 amide bonds. The zero-order valence-corrected chi connectivity index (χ0v) is 24.7. The topological polar surface area (TPSA) is 38.3 Å². The average molecular weight is 608 g/mol. The molecular formula is C30H37BrCl2N2O2. The Hall–Kier alpha value is -1.53. The molecule has 0 atom stereocenters. The van der Waals surface area contributed by atoms with Crippen LogP contribution in [0.4, 0.5) is 0 Å². The molecule has 0 saturated carbocycles. The second kappa shape index (κ2) is 12.5. The first-order chi connectivity index (χ1) is 17.5. The summed E-state index contributed by atoms with van der Waals surface area (Å²) in [5.41, 5.74) is 3.24. The van der Waals surface area contributed by atoms with Gasteiger partial charge in [0.05, 0.1) is 25.6 Å². The highest BCUT2D eigenvalue weighted by atomic mass is 79.9. The molecule has 0 aromatic heterocycles. The molecule has 0 spiro atoms. The van der Waals surface area contributed by atoms with Crippen LogP contribution >= 0.6 is 23.2 Å². The largest absolute Gasteiger partial charge is 1.00 e. The summed E-state index contributed by atoms with van der Waals surface area (Å²) >= 11 is 12.6. The van der Waals surface area contributed by atoms with Crippen molar-refractivity contribution in [3.8, 4) is 11.5 Å². The van der Waals surface area contributed by atoms with Crippen LogP contribution in [-0.2, 0) is 4.79 Å². The van der Waals surface area contributed by atoms with Crippen molar-refractivity contribution in [3.63, 3.8) is 0 Å². The highest BCUT2D eigenvalue weighted by Gasteiger charge is 2.37. The fraction of sp³-hybridized carbons (Fsp3) is 0.500. The Morgan fingerprint density at radius 3 is 2.22 bits per heavy atom. The number of hydrogen-bond acceptors (Lipinski definition) is 2. The summed E-state index contributed by atoms with van der Waals surface area (Å²) in [6.45, 7) is 6.87. The number of hydrogen-bond donors (Lipinski definition) is 1. The first-order valence-electron chi connectivity index (χ1n) is 13.6. The average Bonchev–Trinajstić information content (AvgIpc) is 2.85. The molecule has 2 heterocycles. The maximum atomic E-state index is 13.8. The molecule has 5 rings (SSSR count). The van der Waals surface area contributed by atoms with Crippen LogP contribution in [0, 0.1) is 0 Å². The Morgan fingerprint density at radius 2 is 1.59 bits per heavy atom. The molecule has 1 N–H and O–H groups in total. The second-order valence-corrected chi connectivity index (χ2v) is 11.6. The molecule has 0 bridgehead atoms. The van der Waals surface area contributed by atoms with E-state index in [0.29, 0.717) is 21.5 Å². The van der Waals surface area contributed by atoms with Crippen LogP contribution in [0.5, 0.6) is 11.5 Å². The van der Waals surface area contributed by atoms with Gasteiger partial charge in [0, 0.05) is 40.1 Å². The van der Waals surface area contributed by atoms with E-state index in [9.17, 15) is 4.79 Å². The number of nitrogens with zero attached hydrogens (tertiary/aromatic N) is 1. The van der Waals surface area contributed by atoms with Crippen molar-refractivity contribution in [3.05, 3.63) is 69.2 Å². The number of piperidine rings is 1. The summed E-state index contributed by atoms with van der Waals surface area (Å²) in [4.78, 5) is 13.8. The SMILES string of the molecule is CC[N@+]1(C/C2=C/CCCCCC2)CC[C@@H](NC(=O)C2c3cc(Cl)ccc3Oc3ccc(Cl)cc32)CC1.[Br-]. The minimum absolute atomic E-state index is 0. The number of carbonyl (C=O) groups excluding carboxylic acids is 1. The Kier molecular flexibility index (Phi) is 9.66. The van der Waals surface area contributed by atoms with Gasteiger partial charge in [-0.25, -0.2) is 0 Å². The first kappa shape index (κ1) is 28.5. The molecule has 1 fully saturated rings. The molecule has 7 heteroatoms. The molecule has 3 aliphatic rings. The number of likely N-dealkylation sites (N-methyl/N-ethyl adjacent to an activating group) is 1. The Balaban J connectivity index is 0.00000320. The number of halogens is 3. The van der Waals surface area contributed by atoms with Crippen molar-refractivity contribution >= 4 is 29.1 Å². The van der Waals surface area contributed by atoms with Crippen molar-refractivity contribution < 1.29 is 31.0 Å². The molecule has 1 aliphatic carbocycles. The smallest absolute Gasteiger partial charge is 0.232 e. The van der Waals surface area contributed by atoms with E-state index in [-0.39, 0.29) is 28.9 Å². The van der Waals surface area contributed by atoms with Gasteiger partial charge in [0.15, 0.2) is 0 Å². The first-order valence-corrected chi connectivity index (χ1v) is 14.3. The predicted octanol–water partition coefficient (Wildman–Crippen LogP) is 4.63. The third-order valence-electron chi connectivity index (χ3n) is 8.39. The van der Waals surface area contributed by atoms with Crippen molar-refractivity contribution in [2.24, 2.45) is 0 Å². The van der Waals surface area contributed by atoms with E-state index in [1.165, 1.54) is 45.1 Å². The number of nitrogens with one attached hydrogen (secondary N) is 1. The lowest BCUT2D eigenvalue weighted by molar-refractivity contribution is -0.927. The number of ether oxygens (including phenoxy) is 1. The summed E-state index contributed by atoms with van der Waals surface area (Å²) in [5, 5.41) is 4.57. The molecule has 4 nitrogen and oxygen atoms in total. The Morgan fingerprint density at radius 1 is 0.973 bits per heavy atom. The summed E-state index contributed by atoms with van der Waals surface area (Å²) in [6.07, 6.45) is 12.4. The van der Waals surface area contributed by atoms with Crippen LogP contribution in [0.15, 0.2) is 48.0 Å². The van der Waals surface area contributed by atoms with Gasteiger partial charge < -0.3 is 31.5 Å². The quantitative estimate of drug-likeness (QED) is 0.398. The van der Waals surface area contributed by atoms with Crippen molar-refractivity contribution in [2.45, 2.75) is 70.3 Å². The summed E-state index contributed by atoms with van der Waals surface area (Å²) < 4.78 is 7.23. The molecule has 37 heavy (non-hydrogen) atoms. The number of amides is 1. The van der Waals surface area contributed by atoms with Crippen LogP contribution in [0.25, 0.3) is 0 Å². The zero-order valence-electron chi connectivity index (χ0n) is 21.6. The molecule has 2 aromatic rings. The minimum Gasteiger partial charge on any atom is -1.00 e. The Labute approximate surface area is 241 Å². The van der Waals surface area contributed by atoms with Gasteiger partial charge in [-0.2, -0.15) is 0 Å². The number of benzene rings is 2. The van der Waals surface area contributed by atoms with Gasteiger partial charge in [-0.15, -0.1) is 0 Å².